The SMILES string of the molecule is CCCCCCC(=O)OS(=O)O. The molecule has 0 aromatic rings. The van der Waals surface area contributed by atoms with Gasteiger partial charge in [0.2, 0.25) is 0 Å². The van der Waals surface area contributed by atoms with Gasteiger partial charge in [0.1, 0.15) is 0 Å². The van der Waals surface area contributed by atoms with Crippen LogP contribution < -0.4 is 0 Å². The van der Waals surface area contributed by atoms with Crippen LogP contribution >= 0.6 is 0 Å². The van der Waals surface area contributed by atoms with Gasteiger partial charge in [-0.25, -0.2) is 0 Å². The molecule has 1 N–H and O–H groups in total. The Morgan fingerprint density at radius 2 is 2.08 bits per heavy atom. The summed E-state index contributed by atoms with van der Waals surface area (Å²) in [5.41, 5.74) is 0. The Labute approximate surface area is 74.8 Å². The molecule has 0 spiro atoms. The predicted molar refractivity (Wildman–Crippen MR) is 45.6 cm³/mol. The first-order valence-corrected chi connectivity index (χ1v) is 5.02. The van der Waals surface area contributed by atoms with Crippen molar-refractivity contribution in [3.8, 4) is 0 Å². The third-order valence-corrected chi connectivity index (χ3v) is 1.73. The first-order valence-electron chi connectivity index (χ1n) is 3.98. The maximum atomic E-state index is 10.6. The van der Waals surface area contributed by atoms with E-state index in [0.29, 0.717) is 0 Å². The van der Waals surface area contributed by atoms with Crippen LogP contribution in [0.4, 0.5) is 0 Å². The van der Waals surface area contributed by atoms with Crippen LogP contribution in [0.2, 0.25) is 0 Å². The lowest BCUT2D eigenvalue weighted by atomic mass is 10.2. The average Bonchev–Trinajstić information content (AvgIpc) is 1.97. The molecule has 72 valence electrons. The van der Waals surface area contributed by atoms with Gasteiger partial charge >= 0.3 is 17.3 Å². The smallest absolute Gasteiger partial charge is 0.343 e. The molecule has 0 rings (SSSR count). The Morgan fingerprint density at radius 1 is 1.42 bits per heavy atom. The molecule has 0 amide bonds. The molecule has 0 aromatic heterocycles. The fourth-order valence-electron chi connectivity index (χ4n) is 0.817. The molecule has 0 aliphatic heterocycles. The molecule has 0 saturated carbocycles. The van der Waals surface area contributed by atoms with Gasteiger partial charge in [-0.15, -0.1) is 0 Å². The Bertz CT molecular complexity index is 157. The summed E-state index contributed by atoms with van der Waals surface area (Å²) >= 11 is -2.45. The number of unbranched alkanes of at least 4 members (excludes halogenated alkanes) is 3. The third-order valence-electron chi connectivity index (χ3n) is 1.40. The van der Waals surface area contributed by atoms with Gasteiger partial charge in [0, 0.05) is 6.42 Å². The number of rotatable bonds is 6. The Kier molecular flexibility index (Phi) is 6.99. The maximum absolute atomic E-state index is 10.6. The molecule has 12 heavy (non-hydrogen) atoms. The molecule has 0 heterocycles. The highest BCUT2D eigenvalue weighted by Crippen LogP contribution is 2.03. The molecule has 0 bridgehead atoms. The van der Waals surface area contributed by atoms with Crippen LogP contribution in [0.1, 0.15) is 39.0 Å². The predicted octanol–water partition coefficient (Wildman–Crippen LogP) is 1.64. The summed E-state index contributed by atoms with van der Waals surface area (Å²) in [7, 11) is 0. The molecular formula is C7H14O4S. The quantitative estimate of drug-likeness (QED) is 0.515. The number of hydrogen-bond acceptors (Lipinski definition) is 3. The minimum atomic E-state index is -2.45. The van der Waals surface area contributed by atoms with Crippen LogP contribution in [0, 0.1) is 0 Å². The van der Waals surface area contributed by atoms with Crippen LogP contribution in [0.15, 0.2) is 0 Å². The van der Waals surface area contributed by atoms with E-state index >= 15 is 0 Å². The molecule has 5 heteroatoms. The lowest BCUT2D eigenvalue weighted by molar-refractivity contribution is -0.134. The lowest BCUT2D eigenvalue weighted by Gasteiger charge is -1.98. The zero-order valence-electron chi connectivity index (χ0n) is 7.12. The van der Waals surface area contributed by atoms with Crippen LogP contribution in [0.25, 0.3) is 0 Å². The van der Waals surface area contributed by atoms with Crippen LogP contribution in [0.3, 0.4) is 0 Å². The third kappa shape index (κ3) is 7.68. The summed E-state index contributed by atoms with van der Waals surface area (Å²) in [5.74, 6) is -0.605. The van der Waals surface area contributed by atoms with Crippen LogP contribution in [-0.2, 0) is 20.3 Å². The minimum Gasteiger partial charge on any atom is -0.343 e. The summed E-state index contributed by atoms with van der Waals surface area (Å²) in [5, 5.41) is 0. The van der Waals surface area contributed by atoms with Crippen molar-refractivity contribution in [1.82, 2.24) is 0 Å². The Balaban J connectivity index is 3.26. The first-order chi connectivity index (χ1) is 5.66. The summed E-state index contributed by atoms with van der Waals surface area (Å²) in [4.78, 5) is 10.6. The Hall–Kier alpha value is -0.420. The van der Waals surface area contributed by atoms with Gasteiger partial charge in [0.25, 0.3) is 0 Å². The highest BCUT2D eigenvalue weighted by atomic mass is 32.2. The molecule has 0 saturated heterocycles. The van der Waals surface area contributed by atoms with Gasteiger partial charge in [-0.3, -0.25) is 9.35 Å². The molecule has 1 unspecified atom stereocenters. The maximum Gasteiger partial charge on any atom is 0.360 e. The van der Waals surface area contributed by atoms with E-state index in [9.17, 15) is 9.00 Å². The minimum absolute atomic E-state index is 0.228. The van der Waals surface area contributed by atoms with E-state index in [-0.39, 0.29) is 6.42 Å². The van der Waals surface area contributed by atoms with Crippen molar-refractivity contribution in [2.45, 2.75) is 39.0 Å². The monoisotopic (exact) mass is 194 g/mol. The van der Waals surface area contributed by atoms with Gasteiger partial charge in [0.15, 0.2) is 0 Å². The summed E-state index contributed by atoms with van der Waals surface area (Å²) in [6.45, 7) is 2.07. The fraction of sp³-hybridized carbons (Fsp3) is 0.857. The van der Waals surface area contributed by atoms with E-state index in [1.54, 1.807) is 0 Å². The molecule has 0 radical (unpaired) electrons. The van der Waals surface area contributed by atoms with Gasteiger partial charge in [-0.2, -0.15) is 4.21 Å². The van der Waals surface area contributed by atoms with Crippen molar-refractivity contribution in [3.05, 3.63) is 0 Å². The van der Waals surface area contributed by atoms with E-state index in [4.69, 9.17) is 4.55 Å². The van der Waals surface area contributed by atoms with E-state index in [2.05, 4.69) is 11.1 Å². The van der Waals surface area contributed by atoms with Crippen LogP contribution in [-0.4, -0.2) is 14.7 Å². The second-order valence-corrected chi connectivity index (χ2v) is 3.08. The largest absolute Gasteiger partial charge is 0.360 e. The van der Waals surface area contributed by atoms with Crippen molar-refractivity contribution in [2.24, 2.45) is 0 Å². The van der Waals surface area contributed by atoms with Crippen molar-refractivity contribution in [1.29, 1.82) is 0 Å². The molecule has 0 aliphatic carbocycles. The summed E-state index contributed by atoms with van der Waals surface area (Å²) in [6, 6.07) is 0. The normalized spacial score (nSPS) is 12.5. The van der Waals surface area contributed by atoms with Gasteiger partial charge in [-0.1, -0.05) is 26.2 Å². The zero-order valence-corrected chi connectivity index (χ0v) is 7.93. The number of hydrogen-bond donors (Lipinski definition) is 1. The molecule has 0 aromatic carbocycles. The topological polar surface area (TPSA) is 63.6 Å². The van der Waals surface area contributed by atoms with Crippen molar-refractivity contribution in [2.75, 3.05) is 0 Å². The van der Waals surface area contributed by atoms with Crippen molar-refractivity contribution in [3.63, 3.8) is 0 Å². The fourth-order valence-corrected chi connectivity index (χ4v) is 1.06. The molecule has 0 fully saturated rings. The molecule has 0 aliphatic rings. The average molecular weight is 194 g/mol. The van der Waals surface area contributed by atoms with Gasteiger partial charge < -0.3 is 4.18 Å². The van der Waals surface area contributed by atoms with E-state index in [0.717, 1.165) is 25.7 Å². The molecule has 4 nitrogen and oxygen atoms in total. The van der Waals surface area contributed by atoms with Gasteiger partial charge in [-0.05, 0) is 6.42 Å². The summed E-state index contributed by atoms with van der Waals surface area (Å²) < 4.78 is 22.1. The molecular weight excluding hydrogens is 180 g/mol. The van der Waals surface area contributed by atoms with Crippen molar-refractivity contribution < 1.29 is 17.7 Å². The summed E-state index contributed by atoms with van der Waals surface area (Å²) in [6.07, 6.45) is 4.09. The van der Waals surface area contributed by atoms with E-state index in [1.807, 2.05) is 0 Å². The Morgan fingerprint density at radius 3 is 2.58 bits per heavy atom. The van der Waals surface area contributed by atoms with Crippen molar-refractivity contribution >= 4 is 17.3 Å². The van der Waals surface area contributed by atoms with E-state index in [1.165, 1.54) is 0 Å². The second kappa shape index (κ2) is 7.24. The number of carbonyl (C=O) groups excluding carboxylic acids is 1. The standard InChI is InChI=1S/C7H14O4S/c1-2-3-4-5-6-7(8)11-12(9)10/h2-6H2,1H3,(H,9,10). The second-order valence-electron chi connectivity index (χ2n) is 2.48. The molecule has 1 atom stereocenters. The highest BCUT2D eigenvalue weighted by Gasteiger charge is 2.05. The lowest BCUT2D eigenvalue weighted by Crippen LogP contribution is -2.05. The zero-order chi connectivity index (χ0) is 9.40. The van der Waals surface area contributed by atoms with E-state index < -0.39 is 17.3 Å². The number of carbonyl (C=O) groups is 1. The highest BCUT2D eigenvalue weighted by molar-refractivity contribution is 7.74. The van der Waals surface area contributed by atoms with Gasteiger partial charge in [0.05, 0.1) is 0 Å². The van der Waals surface area contributed by atoms with Crippen LogP contribution in [0.5, 0.6) is 0 Å². The first kappa shape index (κ1) is 11.6.